The van der Waals surface area contributed by atoms with Gasteiger partial charge in [0.2, 0.25) is 0 Å². The van der Waals surface area contributed by atoms with Crippen LogP contribution in [0.4, 0.5) is 15.9 Å². The Kier molecular flexibility index (Phi) is 3.74. The van der Waals surface area contributed by atoms with Gasteiger partial charge in [0.05, 0.1) is 5.69 Å². The largest absolute Gasteiger partial charge is 0.339 e. The molecule has 0 saturated heterocycles. The highest BCUT2D eigenvalue weighted by Crippen LogP contribution is 2.19. The van der Waals surface area contributed by atoms with Crippen molar-refractivity contribution < 1.29 is 4.39 Å². The van der Waals surface area contributed by atoms with E-state index in [4.69, 9.17) is 0 Å². The monoisotopic (exact) mass is 277 g/mol. The molecule has 0 spiro atoms. The predicted molar refractivity (Wildman–Crippen MR) is 76.0 cm³/mol. The summed E-state index contributed by atoms with van der Waals surface area (Å²) in [6.07, 6.45) is 0. The van der Waals surface area contributed by atoms with Crippen LogP contribution in [0.5, 0.6) is 0 Å². The van der Waals surface area contributed by atoms with Gasteiger partial charge in [0.25, 0.3) is 5.56 Å². The summed E-state index contributed by atoms with van der Waals surface area (Å²) in [5, 5.41) is 2.80. The van der Waals surface area contributed by atoms with Crippen molar-refractivity contribution in [3.63, 3.8) is 0 Å². The zero-order valence-corrected chi connectivity index (χ0v) is 11.6. The summed E-state index contributed by atoms with van der Waals surface area (Å²) in [4.78, 5) is 23.6. The average molecular weight is 277 g/mol. The molecule has 1 N–H and O–H groups in total. The maximum atomic E-state index is 13.8. The van der Waals surface area contributed by atoms with Gasteiger partial charge in [-0.15, -0.1) is 0 Å². The summed E-state index contributed by atoms with van der Waals surface area (Å²) < 4.78 is 16.2. The van der Waals surface area contributed by atoms with Gasteiger partial charge in [-0.05, 0) is 31.5 Å². The number of hydrogen-bond donors (Lipinski definition) is 1. The maximum Gasteiger partial charge on any atom is 0.332 e. The average Bonchev–Trinajstić information content (AvgIpc) is 2.40. The Labute approximate surface area is 115 Å². The van der Waals surface area contributed by atoms with Gasteiger partial charge >= 0.3 is 5.69 Å². The van der Waals surface area contributed by atoms with Crippen LogP contribution in [-0.2, 0) is 13.6 Å². The Morgan fingerprint density at radius 3 is 2.55 bits per heavy atom. The first-order chi connectivity index (χ1) is 9.43. The summed E-state index contributed by atoms with van der Waals surface area (Å²) in [5.41, 5.74) is 0.153. The van der Waals surface area contributed by atoms with E-state index in [0.717, 1.165) is 10.1 Å². The predicted octanol–water partition coefficient (Wildman–Crippen LogP) is 1.76. The van der Waals surface area contributed by atoms with Crippen molar-refractivity contribution in [2.24, 2.45) is 7.05 Å². The van der Waals surface area contributed by atoms with E-state index >= 15 is 0 Å². The number of hydrogen-bond acceptors (Lipinski definition) is 3. The number of benzene rings is 1. The standard InChI is InChI=1S/C14H16FN3O2/c1-4-18-12(8-13(19)17(3)14(18)20)16-11-6-5-9(2)7-10(11)15/h5-8,16H,4H2,1-3H3. The van der Waals surface area contributed by atoms with E-state index in [2.05, 4.69) is 5.32 Å². The van der Waals surface area contributed by atoms with Crippen molar-refractivity contribution in [2.45, 2.75) is 20.4 Å². The van der Waals surface area contributed by atoms with E-state index in [-0.39, 0.29) is 11.5 Å². The minimum Gasteiger partial charge on any atom is -0.339 e. The summed E-state index contributed by atoms with van der Waals surface area (Å²) in [6, 6.07) is 6.00. The lowest BCUT2D eigenvalue weighted by molar-refractivity contribution is 0.624. The van der Waals surface area contributed by atoms with E-state index in [1.807, 2.05) is 0 Å². The highest BCUT2D eigenvalue weighted by molar-refractivity contribution is 5.57. The first kappa shape index (κ1) is 14.0. The van der Waals surface area contributed by atoms with Crippen LogP contribution < -0.4 is 16.6 Å². The summed E-state index contributed by atoms with van der Waals surface area (Å²) in [5.74, 6) is -0.149. The van der Waals surface area contributed by atoms with Crippen molar-refractivity contribution in [1.29, 1.82) is 0 Å². The van der Waals surface area contributed by atoms with Gasteiger partial charge in [0.1, 0.15) is 11.6 Å². The topological polar surface area (TPSA) is 56.0 Å². The SMILES string of the molecule is CCn1c(Nc2ccc(C)cc2F)cc(=O)n(C)c1=O. The van der Waals surface area contributed by atoms with Gasteiger partial charge in [-0.2, -0.15) is 0 Å². The summed E-state index contributed by atoms with van der Waals surface area (Å²) in [7, 11) is 1.41. The van der Waals surface area contributed by atoms with E-state index in [1.54, 1.807) is 26.0 Å². The summed E-state index contributed by atoms with van der Waals surface area (Å²) in [6.45, 7) is 3.94. The number of halogens is 1. The van der Waals surface area contributed by atoms with Crippen LogP contribution in [0.3, 0.4) is 0 Å². The van der Waals surface area contributed by atoms with E-state index in [1.165, 1.54) is 23.7 Å². The molecule has 1 aromatic carbocycles. The van der Waals surface area contributed by atoms with Crippen molar-refractivity contribution in [2.75, 3.05) is 5.32 Å². The van der Waals surface area contributed by atoms with Gasteiger partial charge in [-0.3, -0.25) is 13.9 Å². The molecule has 0 unspecified atom stereocenters. The first-order valence-corrected chi connectivity index (χ1v) is 6.28. The highest BCUT2D eigenvalue weighted by Gasteiger charge is 2.10. The molecule has 106 valence electrons. The molecule has 0 bridgehead atoms. The molecular weight excluding hydrogens is 261 g/mol. The number of aryl methyl sites for hydroxylation is 1. The molecule has 0 aliphatic carbocycles. The van der Waals surface area contributed by atoms with Crippen molar-refractivity contribution in [3.8, 4) is 0 Å². The molecule has 1 aromatic heterocycles. The zero-order chi connectivity index (χ0) is 14.9. The molecule has 2 rings (SSSR count). The number of nitrogens with one attached hydrogen (secondary N) is 1. The van der Waals surface area contributed by atoms with E-state index in [0.29, 0.717) is 6.54 Å². The zero-order valence-electron chi connectivity index (χ0n) is 11.6. The Morgan fingerprint density at radius 1 is 1.25 bits per heavy atom. The third kappa shape index (κ3) is 2.49. The molecule has 0 aliphatic heterocycles. The number of rotatable bonds is 3. The molecule has 0 radical (unpaired) electrons. The molecule has 1 heterocycles. The fraction of sp³-hybridized carbons (Fsp3) is 0.286. The normalized spacial score (nSPS) is 10.6. The highest BCUT2D eigenvalue weighted by atomic mass is 19.1. The van der Waals surface area contributed by atoms with Gasteiger partial charge in [-0.1, -0.05) is 6.07 Å². The number of nitrogens with zero attached hydrogens (tertiary/aromatic N) is 2. The quantitative estimate of drug-likeness (QED) is 0.930. The second-order valence-electron chi connectivity index (χ2n) is 4.56. The maximum absolute atomic E-state index is 13.8. The minimum atomic E-state index is -0.435. The van der Waals surface area contributed by atoms with Crippen LogP contribution >= 0.6 is 0 Å². The molecule has 0 fully saturated rings. The number of aromatic nitrogens is 2. The van der Waals surface area contributed by atoms with Crippen LogP contribution in [0.25, 0.3) is 0 Å². The Hall–Kier alpha value is -2.37. The van der Waals surface area contributed by atoms with Crippen LogP contribution in [0, 0.1) is 12.7 Å². The van der Waals surface area contributed by atoms with E-state index in [9.17, 15) is 14.0 Å². The van der Waals surface area contributed by atoms with Gasteiger partial charge in [-0.25, -0.2) is 9.18 Å². The van der Waals surface area contributed by atoms with E-state index < -0.39 is 17.1 Å². The fourth-order valence-corrected chi connectivity index (χ4v) is 1.94. The smallest absolute Gasteiger partial charge is 0.332 e. The van der Waals surface area contributed by atoms with Crippen LogP contribution in [0.2, 0.25) is 0 Å². The van der Waals surface area contributed by atoms with Crippen LogP contribution in [0.1, 0.15) is 12.5 Å². The van der Waals surface area contributed by atoms with Gasteiger partial charge < -0.3 is 5.32 Å². The molecule has 6 heteroatoms. The minimum absolute atomic E-state index is 0.227. The Bertz CT molecular complexity index is 762. The second kappa shape index (κ2) is 5.32. The third-order valence-corrected chi connectivity index (χ3v) is 3.10. The molecule has 2 aromatic rings. The molecule has 0 amide bonds. The lowest BCUT2D eigenvalue weighted by Gasteiger charge is -2.14. The van der Waals surface area contributed by atoms with Crippen molar-refractivity contribution in [3.05, 3.63) is 56.5 Å². The van der Waals surface area contributed by atoms with Crippen LogP contribution in [-0.4, -0.2) is 9.13 Å². The lowest BCUT2D eigenvalue weighted by atomic mass is 10.2. The Morgan fingerprint density at radius 2 is 1.95 bits per heavy atom. The van der Waals surface area contributed by atoms with Gasteiger partial charge in [0.15, 0.2) is 0 Å². The first-order valence-electron chi connectivity index (χ1n) is 6.28. The molecule has 0 saturated carbocycles. The molecule has 20 heavy (non-hydrogen) atoms. The molecule has 0 aliphatic rings. The summed E-state index contributed by atoms with van der Waals surface area (Å²) >= 11 is 0. The fourth-order valence-electron chi connectivity index (χ4n) is 1.94. The molecule has 0 atom stereocenters. The van der Waals surface area contributed by atoms with Crippen molar-refractivity contribution in [1.82, 2.24) is 9.13 Å². The van der Waals surface area contributed by atoms with Crippen molar-refractivity contribution >= 4 is 11.5 Å². The lowest BCUT2D eigenvalue weighted by Crippen LogP contribution is -2.38. The number of anilines is 2. The molecular formula is C14H16FN3O2. The third-order valence-electron chi connectivity index (χ3n) is 3.10. The second-order valence-corrected chi connectivity index (χ2v) is 4.56. The van der Waals surface area contributed by atoms with Gasteiger partial charge in [0, 0.05) is 19.7 Å². The molecule has 5 nitrogen and oxygen atoms in total. The van der Waals surface area contributed by atoms with Crippen LogP contribution in [0.15, 0.2) is 33.9 Å². The Balaban J connectivity index is 2.54.